The first kappa shape index (κ1) is 21.5. The van der Waals surface area contributed by atoms with Gasteiger partial charge in [0.2, 0.25) is 0 Å². The molecule has 0 radical (unpaired) electrons. The zero-order valence-corrected chi connectivity index (χ0v) is 17.0. The van der Waals surface area contributed by atoms with Crippen molar-refractivity contribution in [3.8, 4) is 5.75 Å². The fourth-order valence-corrected chi connectivity index (χ4v) is 2.57. The van der Waals surface area contributed by atoms with Crippen LogP contribution in [0.5, 0.6) is 5.75 Å². The van der Waals surface area contributed by atoms with Gasteiger partial charge in [-0.2, -0.15) is 0 Å². The van der Waals surface area contributed by atoms with Gasteiger partial charge in [-0.05, 0) is 75.4 Å². The third-order valence-electron chi connectivity index (χ3n) is 4.19. The minimum atomic E-state index is -0.309. The summed E-state index contributed by atoms with van der Waals surface area (Å²) < 4.78 is 10.3. The van der Waals surface area contributed by atoms with E-state index in [1.165, 1.54) is 28.3 Å². The third kappa shape index (κ3) is 6.40. The van der Waals surface area contributed by atoms with Crippen molar-refractivity contribution in [2.75, 3.05) is 13.7 Å². The SMILES string of the molecule is CCOC(=O)/C=C(C)/C=C/C=C(C)/C=C\c1c(C)cc(OC)c(C)c1C. The van der Waals surface area contributed by atoms with Crippen LogP contribution in [0.1, 0.15) is 43.0 Å². The van der Waals surface area contributed by atoms with Gasteiger partial charge in [0.1, 0.15) is 5.75 Å². The Morgan fingerprint density at radius 2 is 1.77 bits per heavy atom. The molecular weight excluding hydrogens is 324 g/mol. The molecular formula is C23H30O3. The number of hydrogen-bond acceptors (Lipinski definition) is 3. The predicted octanol–water partition coefficient (Wildman–Crippen LogP) is 5.65. The highest BCUT2D eigenvalue weighted by Gasteiger charge is 2.08. The molecule has 3 nitrogen and oxygen atoms in total. The average Bonchev–Trinajstić information content (AvgIpc) is 2.58. The van der Waals surface area contributed by atoms with Gasteiger partial charge in [0, 0.05) is 6.08 Å². The van der Waals surface area contributed by atoms with Crippen LogP contribution in [0.25, 0.3) is 6.08 Å². The Hall–Kier alpha value is -2.55. The molecule has 0 atom stereocenters. The van der Waals surface area contributed by atoms with Gasteiger partial charge in [-0.1, -0.05) is 36.0 Å². The number of rotatable bonds is 7. The lowest BCUT2D eigenvalue weighted by molar-refractivity contribution is -0.137. The summed E-state index contributed by atoms with van der Waals surface area (Å²) >= 11 is 0. The normalized spacial score (nSPS) is 12.9. The number of benzene rings is 1. The molecule has 0 spiro atoms. The molecule has 0 saturated heterocycles. The number of allylic oxidation sites excluding steroid dienone is 6. The summed E-state index contributed by atoms with van der Waals surface area (Å²) in [5.74, 6) is 0.618. The van der Waals surface area contributed by atoms with Crippen molar-refractivity contribution >= 4 is 12.0 Å². The highest BCUT2D eigenvalue weighted by atomic mass is 16.5. The van der Waals surface area contributed by atoms with Gasteiger partial charge < -0.3 is 9.47 Å². The number of esters is 1. The van der Waals surface area contributed by atoms with E-state index >= 15 is 0 Å². The minimum absolute atomic E-state index is 0.309. The maximum Gasteiger partial charge on any atom is 0.330 e. The number of carbonyl (C=O) groups excluding carboxylic acids is 1. The Kier molecular flexibility index (Phi) is 8.63. The second-order valence-corrected chi connectivity index (χ2v) is 6.30. The average molecular weight is 354 g/mol. The lowest BCUT2D eigenvalue weighted by Gasteiger charge is -2.13. The summed E-state index contributed by atoms with van der Waals surface area (Å²) in [7, 11) is 1.70. The van der Waals surface area contributed by atoms with Crippen LogP contribution in [0.2, 0.25) is 0 Å². The zero-order valence-electron chi connectivity index (χ0n) is 17.0. The number of methoxy groups -OCH3 is 1. The van der Waals surface area contributed by atoms with Gasteiger partial charge in [0.25, 0.3) is 0 Å². The fraction of sp³-hybridized carbons (Fsp3) is 0.348. The second-order valence-electron chi connectivity index (χ2n) is 6.30. The van der Waals surface area contributed by atoms with E-state index in [1.54, 1.807) is 14.0 Å². The quantitative estimate of drug-likeness (QED) is 0.361. The molecule has 1 rings (SSSR count). The molecule has 1 aromatic carbocycles. The van der Waals surface area contributed by atoms with Crippen molar-refractivity contribution in [3.63, 3.8) is 0 Å². The predicted molar refractivity (Wildman–Crippen MR) is 110 cm³/mol. The van der Waals surface area contributed by atoms with Gasteiger partial charge in [-0.15, -0.1) is 0 Å². The molecule has 140 valence electrons. The van der Waals surface area contributed by atoms with E-state index in [-0.39, 0.29) is 5.97 Å². The van der Waals surface area contributed by atoms with Crippen LogP contribution in [-0.4, -0.2) is 19.7 Å². The van der Waals surface area contributed by atoms with Crippen LogP contribution in [0.4, 0.5) is 0 Å². The van der Waals surface area contributed by atoms with Gasteiger partial charge in [0.15, 0.2) is 0 Å². The molecule has 0 N–H and O–H groups in total. The van der Waals surface area contributed by atoms with Crippen LogP contribution in [-0.2, 0) is 9.53 Å². The minimum Gasteiger partial charge on any atom is -0.496 e. The molecule has 0 unspecified atom stereocenters. The molecule has 0 saturated carbocycles. The highest BCUT2D eigenvalue weighted by molar-refractivity contribution is 5.83. The molecule has 0 bridgehead atoms. The molecule has 3 heteroatoms. The number of aryl methyl sites for hydroxylation is 1. The summed E-state index contributed by atoms with van der Waals surface area (Å²) in [6, 6.07) is 2.07. The highest BCUT2D eigenvalue weighted by Crippen LogP contribution is 2.28. The van der Waals surface area contributed by atoms with E-state index in [0.717, 1.165) is 16.9 Å². The standard InChI is InChI=1S/C23H30O3/c1-8-26-23(24)14-17(3)11-9-10-16(2)12-13-21-18(4)15-22(25-7)20(6)19(21)5/h9-15H,8H2,1-7H3/b11-9+,13-12-,16-10+,17-14+. The van der Waals surface area contributed by atoms with Gasteiger partial charge in [-0.3, -0.25) is 0 Å². The Bertz CT molecular complexity index is 762. The monoisotopic (exact) mass is 354 g/mol. The first-order valence-corrected chi connectivity index (χ1v) is 8.83. The third-order valence-corrected chi connectivity index (χ3v) is 4.19. The van der Waals surface area contributed by atoms with Crippen LogP contribution < -0.4 is 4.74 Å². The second kappa shape index (κ2) is 10.4. The van der Waals surface area contributed by atoms with Gasteiger partial charge in [0.05, 0.1) is 13.7 Å². The smallest absolute Gasteiger partial charge is 0.330 e. The number of hydrogen-bond donors (Lipinski definition) is 0. The topological polar surface area (TPSA) is 35.5 Å². The van der Waals surface area contributed by atoms with Gasteiger partial charge >= 0.3 is 5.97 Å². The molecule has 0 amide bonds. The van der Waals surface area contributed by atoms with E-state index in [2.05, 4.69) is 39.0 Å². The van der Waals surface area contributed by atoms with Gasteiger partial charge in [-0.25, -0.2) is 4.79 Å². The maximum absolute atomic E-state index is 11.4. The summed E-state index contributed by atoms with van der Waals surface area (Å²) in [6.07, 6.45) is 11.6. The van der Waals surface area contributed by atoms with Crippen molar-refractivity contribution in [1.82, 2.24) is 0 Å². The fourth-order valence-electron chi connectivity index (χ4n) is 2.57. The van der Waals surface area contributed by atoms with Crippen LogP contribution in [0.15, 0.2) is 47.6 Å². The molecule has 0 aromatic heterocycles. The molecule has 0 aliphatic carbocycles. The first-order valence-electron chi connectivity index (χ1n) is 8.83. The summed E-state index contributed by atoms with van der Waals surface area (Å²) in [6.45, 7) is 12.4. The lowest BCUT2D eigenvalue weighted by Crippen LogP contribution is -1.99. The lowest BCUT2D eigenvalue weighted by atomic mass is 9.96. The van der Waals surface area contributed by atoms with Crippen molar-refractivity contribution in [2.45, 2.75) is 41.5 Å². The molecule has 1 aromatic rings. The molecule has 0 aliphatic heterocycles. The molecule has 0 aliphatic rings. The number of carbonyl (C=O) groups is 1. The van der Waals surface area contributed by atoms with Crippen LogP contribution in [0.3, 0.4) is 0 Å². The van der Waals surface area contributed by atoms with Crippen molar-refractivity contribution in [3.05, 3.63) is 69.8 Å². The van der Waals surface area contributed by atoms with E-state index in [4.69, 9.17) is 9.47 Å². The van der Waals surface area contributed by atoms with E-state index in [0.29, 0.717) is 6.61 Å². The molecule has 0 fully saturated rings. The number of ether oxygens (including phenoxy) is 2. The first-order chi connectivity index (χ1) is 12.3. The van der Waals surface area contributed by atoms with E-state index < -0.39 is 0 Å². The van der Waals surface area contributed by atoms with Crippen molar-refractivity contribution in [1.29, 1.82) is 0 Å². The zero-order chi connectivity index (χ0) is 19.7. The van der Waals surface area contributed by atoms with Crippen molar-refractivity contribution < 1.29 is 14.3 Å². The molecule has 0 heterocycles. The Balaban J connectivity index is 2.89. The Morgan fingerprint density at radius 3 is 2.38 bits per heavy atom. The van der Waals surface area contributed by atoms with E-state index in [1.807, 2.05) is 32.1 Å². The van der Waals surface area contributed by atoms with Crippen LogP contribution >= 0.6 is 0 Å². The molecule has 26 heavy (non-hydrogen) atoms. The summed E-state index contributed by atoms with van der Waals surface area (Å²) in [4.78, 5) is 11.4. The summed E-state index contributed by atoms with van der Waals surface area (Å²) in [5, 5.41) is 0. The van der Waals surface area contributed by atoms with Crippen LogP contribution in [0, 0.1) is 20.8 Å². The van der Waals surface area contributed by atoms with Crippen molar-refractivity contribution in [2.24, 2.45) is 0 Å². The Morgan fingerprint density at radius 1 is 1.08 bits per heavy atom. The largest absolute Gasteiger partial charge is 0.496 e. The summed E-state index contributed by atoms with van der Waals surface area (Å²) in [5.41, 5.74) is 6.79. The maximum atomic E-state index is 11.4. The van der Waals surface area contributed by atoms with E-state index in [9.17, 15) is 4.79 Å². The Labute approximate surface area is 157 Å².